The number of hydrogen-bond acceptors (Lipinski definition) is 5. The van der Waals surface area contributed by atoms with Crippen LogP contribution in [0.4, 0.5) is 19.0 Å². The minimum Gasteiger partial charge on any atom is -0.497 e. The molecule has 3 aromatic carbocycles. The first-order chi connectivity index (χ1) is 20.7. The summed E-state index contributed by atoms with van der Waals surface area (Å²) in [7, 11) is 1.58. The lowest BCUT2D eigenvalue weighted by atomic mass is 10.0. The molecule has 214 valence electrons. The summed E-state index contributed by atoms with van der Waals surface area (Å²) in [4.78, 5) is 34.5. The summed E-state index contributed by atoms with van der Waals surface area (Å²) >= 11 is 0. The zero-order valence-electron chi connectivity index (χ0n) is 22.7. The van der Waals surface area contributed by atoms with E-state index in [-0.39, 0.29) is 18.0 Å². The summed E-state index contributed by atoms with van der Waals surface area (Å²) < 4.78 is 46.9. The van der Waals surface area contributed by atoms with Crippen molar-refractivity contribution in [3.8, 4) is 22.6 Å². The Bertz CT molecular complexity index is 2040. The molecule has 43 heavy (non-hydrogen) atoms. The highest BCUT2D eigenvalue weighted by atomic mass is 19.4. The first-order valence-electron chi connectivity index (χ1n) is 13.2. The summed E-state index contributed by atoms with van der Waals surface area (Å²) in [5.41, 5.74) is 2.09. The van der Waals surface area contributed by atoms with E-state index in [0.29, 0.717) is 33.4 Å². The molecule has 3 aromatic heterocycles. The fourth-order valence-electron chi connectivity index (χ4n) is 4.92. The molecule has 0 unspecified atom stereocenters. The van der Waals surface area contributed by atoms with Crippen molar-refractivity contribution >= 4 is 33.5 Å². The molecule has 0 atom stereocenters. The highest BCUT2D eigenvalue weighted by molar-refractivity contribution is 6.05. The smallest absolute Gasteiger partial charge is 0.416 e. The van der Waals surface area contributed by atoms with Crippen LogP contribution in [-0.2, 0) is 17.4 Å². The number of anilines is 1. The first kappa shape index (κ1) is 27.6. The number of hydrogen-bond donors (Lipinski definition) is 1. The van der Waals surface area contributed by atoms with Gasteiger partial charge in [-0.2, -0.15) is 13.2 Å². The molecule has 0 fully saturated rings. The van der Waals surface area contributed by atoms with E-state index in [1.54, 1.807) is 55.9 Å². The number of methoxy groups -OCH3 is 1. The fraction of sp³-hybridized carbons (Fsp3) is 0.0909. The number of alkyl halides is 3. The van der Waals surface area contributed by atoms with Crippen molar-refractivity contribution in [3.05, 3.63) is 125 Å². The van der Waals surface area contributed by atoms with E-state index in [4.69, 9.17) is 4.74 Å². The standard InChI is InChI=1S/C33H23F3N4O3/c1-43-26-10-5-20(6-11-26)15-30(41)39-29-13-8-22(18-38-29)21-7-12-28-27(16-21)32-23(19-37-28)9-14-31(42)40(32)25-4-2-3-24(17-25)33(34,35)36/h2-14,16-19H,15H2,1H3,(H,38,39,41). The summed E-state index contributed by atoms with van der Waals surface area (Å²) in [5.74, 6) is 0.868. The van der Waals surface area contributed by atoms with E-state index < -0.39 is 17.3 Å². The zero-order valence-corrected chi connectivity index (χ0v) is 22.7. The number of nitrogens with zero attached hydrogens (tertiary/aromatic N) is 3. The summed E-state index contributed by atoms with van der Waals surface area (Å²) in [5, 5.41) is 3.97. The lowest BCUT2D eigenvalue weighted by molar-refractivity contribution is -0.137. The number of fused-ring (bicyclic) bond motifs is 3. The number of carbonyl (C=O) groups is 1. The van der Waals surface area contributed by atoms with Gasteiger partial charge in [0.25, 0.3) is 5.56 Å². The van der Waals surface area contributed by atoms with Crippen LogP contribution in [0.3, 0.4) is 0 Å². The zero-order chi connectivity index (χ0) is 30.1. The van der Waals surface area contributed by atoms with E-state index >= 15 is 0 Å². The Hall–Kier alpha value is -5.51. The predicted molar refractivity (Wildman–Crippen MR) is 158 cm³/mol. The Balaban J connectivity index is 1.34. The van der Waals surface area contributed by atoms with Crippen molar-refractivity contribution in [2.75, 3.05) is 12.4 Å². The van der Waals surface area contributed by atoms with Gasteiger partial charge in [0.2, 0.25) is 5.91 Å². The van der Waals surface area contributed by atoms with Gasteiger partial charge in [0.1, 0.15) is 11.6 Å². The maximum atomic E-state index is 13.5. The Morgan fingerprint density at radius 2 is 1.67 bits per heavy atom. The van der Waals surface area contributed by atoms with Crippen LogP contribution in [0.25, 0.3) is 38.6 Å². The third kappa shape index (κ3) is 5.67. The number of benzene rings is 3. The van der Waals surface area contributed by atoms with Gasteiger partial charge < -0.3 is 10.1 Å². The third-order valence-corrected chi connectivity index (χ3v) is 7.04. The quantitative estimate of drug-likeness (QED) is 0.219. The van der Waals surface area contributed by atoms with Crippen molar-refractivity contribution < 1.29 is 22.7 Å². The maximum absolute atomic E-state index is 13.5. The SMILES string of the molecule is COc1ccc(CC(=O)Nc2ccc(-c3ccc4ncc5ccc(=O)n(-c6cccc(C(F)(F)F)c6)c5c4c3)cn2)cc1. The van der Waals surface area contributed by atoms with Crippen molar-refractivity contribution in [1.82, 2.24) is 14.5 Å². The fourth-order valence-corrected chi connectivity index (χ4v) is 4.92. The van der Waals surface area contributed by atoms with Crippen LogP contribution in [0, 0.1) is 0 Å². The molecule has 0 aliphatic heterocycles. The van der Waals surface area contributed by atoms with Crippen molar-refractivity contribution in [1.29, 1.82) is 0 Å². The molecule has 7 nitrogen and oxygen atoms in total. The van der Waals surface area contributed by atoms with E-state index in [1.807, 2.05) is 24.3 Å². The van der Waals surface area contributed by atoms with E-state index in [1.165, 1.54) is 22.8 Å². The third-order valence-electron chi connectivity index (χ3n) is 7.04. The van der Waals surface area contributed by atoms with Gasteiger partial charge in [0, 0.05) is 40.5 Å². The van der Waals surface area contributed by atoms with Gasteiger partial charge in [0.15, 0.2) is 0 Å². The topological polar surface area (TPSA) is 86.1 Å². The van der Waals surface area contributed by atoms with Crippen molar-refractivity contribution in [2.45, 2.75) is 12.6 Å². The minimum atomic E-state index is -4.56. The van der Waals surface area contributed by atoms with Crippen molar-refractivity contribution in [2.24, 2.45) is 0 Å². The van der Waals surface area contributed by atoms with Gasteiger partial charge in [-0.25, -0.2) is 4.98 Å². The second kappa shape index (κ2) is 11.1. The number of ether oxygens (including phenoxy) is 1. The van der Waals surface area contributed by atoms with Crippen LogP contribution in [0.15, 0.2) is 108 Å². The molecule has 10 heteroatoms. The molecular formula is C33H23F3N4O3. The first-order valence-corrected chi connectivity index (χ1v) is 13.2. The van der Waals surface area contributed by atoms with Gasteiger partial charge >= 0.3 is 6.18 Å². The van der Waals surface area contributed by atoms with Gasteiger partial charge in [-0.05, 0) is 71.8 Å². The monoisotopic (exact) mass is 580 g/mol. The molecule has 0 saturated heterocycles. The summed E-state index contributed by atoms with van der Waals surface area (Å²) in [6.45, 7) is 0. The molecule has 3 heterocycles. The highest BCUT2D eigenvalue weighted by Crippen LogP contribution is 2.33. The molecule has 0 radical (unpaired) electrons. The van der Waals surface area contributed by atoms with E-state index in [0.717, 1.165) is 28.8 Å². The van der Waals surface area contributed by atoms with Gasteiger partial charge in [-0.15, -0.1) is 0 Å². The summed E-state index contributed by atoms with van der Waals surface area (Å²) in [6, 6.07) is 23.7. The molecule has 0 spiro atoms. The average molecular weight is 581 g/mol. The molecule has 0 saturated carbocycles. The Morgan fingerprint density at radius 3 is 2.40 bits per heavy atom. The number of aromatic nitrogens is 3. The maximum Gasteiger partial charge on any atom is 0.416 e. The van der Waals surface area contributed by atoms with Gasteiger partial charge in [-0.3, -0.25) is 19.1 Å². The van der Waals surface area contributed by atoms with Crippen molar-refractivity contribution in [3.63, 3.8) is 0 Å². The highest BCUT2D eigenvalue weighted by Gasteiger charge is 2.30. The molecule has 0 aliphatic carbocycles. The predicted octanol–water partition coefficient (Wildman–Crippen LogP) is 6.81. The largest absolute Gasteiger partial charge is 0.497 e. The molecule has 0 bridgehead atoms. The van der Waals surface area contributed by atoms with Crippen LogP contribution >= 0.6 is 0 Å². The normalized spacial score (nSPS) is 11.5. The lowest BCUT2D eigenvalue weighted by Crippen LogP contribution is -2.18. The molecule has 6 rings (SSSR count). The molecule has 6 aromatic rings. The molecule has 1 N–H and O–H groups in total. The van der Waals surface area contributed by atoms with Crippen LogP contribution in [0.1, 0.15) is 11.1 Å². The van der Waals surface area contributed by atoms with Crippen LogP contribution in [-0.4, -0.2) is 27.6 Å². The lowest BCUT2D eigenvalue weighted by Gasteiger charge is -2.15. The number of carbonyl (C=O) groups excluding carboxylic acids is 1. The number of halogens is 3. The Kier molecular flexibility index (Phi) is 7.11. The van der Waals surface area contributed by atoms with Crippen LogP contribution in [0.5, 0.6) is 5.75 Å². The number of nitrogens with one attached hydrogen (secondary N) is 1. The van der Waals surface area contributed by atoms with Crippen LogP contribution < -0.4 is 15.6 Å². The molecular weight excluding hydrogens is 557 g/mol. The van der Waals surface area contributed by atoms with Gasteiger partial charge in [-0.1, -0.05) is 24.3 Å². The number of rotatable bonds is 6. The van der Waals surface area contributed by atoms with Crippen LogP contribution in [0.2, 0.25) is 0 Å². The number of amides is 1. The van der Waals surface area contributed by atoms with E-state index in [9.17, 15) is 22.8 Å². The second-order valence-corrected chi connectivity index (χ2v) is 9.85. The number of pyridine rings is 3. The Labute approximate surface area is 243 Å². The minimum absolute atomic E-state index is 0.0970. The molecule has 1 amide bonds. The van der Waals surface area contributed by atoms with Gasteiger partial charge in [0.05, 0.1) is 30.1 Å². The average Bonchev–Trinajstić information content (AvgIpc) is 3.01. The van der Waals surface area contributed by atoms with E-state index in [2.05, 4.69) is 15.3 Å². The summed E-state index contributed by atoms with van der Waals surface area (Å²) in [6.07, 6.45) is -1.18. The molecule has 0 aliphatic rings. The Morgan fingerprint density at radius 1 is 0.884 bits per heavy atom. The second-order valence-electron chi connectivity index (χ2n) is 9.85.